The molecule has 25 heavy (non-hydrogen) atoms. The number of aromatic nitrogens is 3. The summed E-state index contributed by atoms with van der Waals surface area (Å²) in [5.74, 6) is 0.744. The van der Waals surface area contributed by atoms with Crippen molar-refractivity contribution in [1.82, 2.24) is 14.4 Å². The molecule has 0 bridgehead atoms. The first-order valence-electron chi connectivity index (χ1n) is 8.97. The lowest BCUT2D eigenvalue weighted by Gasteiger charge is -2.35. The van der Waals surface area contributed by atoms with Crippen LogP contribution in [0.2, 0.25) is 0 Å². The fourth-order valence-corrected chi connectivity index (χ4v) is 4.38. The van der Waals surface area contributed by atoms with Gasteiger partial charge in [-0.2, -0.15) is 0 Å². The van der Waals surface area contributed by atoms with Crippen molar-refractivity contribution in [3.63, 3.8) is 0 Å². The Kier molecular flexibility index (Phi) is 3.80. The molecule has 0 saturated carbocycles. The molecule has 5 rings (SSSR count). The van der Waals surface area contributed by atoms with E-state index in [0.717, 1.165) is 38.2 Å². The summed E-state index contributed by atoms with van der Waals surface area (Å²) >= 11 is 0. The van der Waals surface area contributed by atoms with E-state index in [1.165, 1.54) is 10.7 Å². The third-order valence-electron chi connectivity index (χ3n) is 5.71. The standard InChI is InChI=1S/C18H21N3O4/c22-18-16-13(20-15-1-4-19-10-21(15)18)9-25-17(16)11-3-6-24-14(7-11)12-2-5-23-8-12/h1,4,10-12,14,17H,2-3,5-9H2/t11?,12-,14?,17?/m1/s1. The molecule has 7 nitrogen and oxygen atoms in total. The smallest absolute Gasteiger partial charge is 0.265 e. The van der Waals surface area contributed by atoms with Gasteiger partial charge in [-0.15, -0.1) is 0 Å². The van der Waals surface area contributed by atoms with Crippen LogP contribution in [0.5, 0.6) is 0 Å². The summed E-state index contributed by atoms with van der Waals surface area (Å²) in [7, 11) is 0. The molecule has 4 atom stereocenters. The van der Waals surface area contributed by atoms with E-state index in [9.17, 15) is 4.79 Å². The highest BCUT2D eigenvalue weighted by atomic mass is 16.5. The molecule has 0 amide bonds. The van der Waals surface area contributed by atoms with Crippen LogP contribution in [0.3, 0.4) is 0 Å². The van der Waals surface area contributed by atoms with Crippen molar-refractivity contribution in [3.05, 3.63) is 40.2 Å². The highest BCUT2D eigenvalue weighted by molar-refractivity contribution is 5.40. The second kappa shape index (κ2) is 6.16. The number of rotatable bonds is 2. The molecule has 0 aromatic carbocycles. The van der Waals surface area contributed by atoms with Crippen LogP contribution < -0.4 is 5.56 Å². The highest BCUT2D eigenvalue weighted by Gasteiger charge is 2.40. The summed E-state index contributed by atoms with van der Waals surface area (Å²) in [6, 6.07) is 1.75. The maximum Gasteiger partial charge on any atom is 0.265 e. The molecule has 3 aliphatic rings. The van der Waals surface area contributed by atoms with E-state index in [1.54, 1.807) is 12.3 Å². The summed E-state index contributed by atoms with van der Waals surface area (Å²) in [6.45, 7) is 2.72. The summed E-state index contributed by atoms with van der Waals surface area (Å²) in [6.07, 6.45) is 6.06. The predicted molar refractivity (Wildman–Crippen MR) is 88.2 cm³/mol. The van der Waals surface area contributed by atoms with E-state index in [4.69, 9.17) is 14.2 Å². The Balaban J connectivity index is 1.47. The Labute approximate surface area is 144 Å². The van der Waals surface area contributed by atoms with Gasteiger partial charge in [0.2, 0.25) is 0 Å². The van der Waals surface area contributed by atoms with Crippen LogP contribution >= 0.6 is 0 Å². The van der Waals surface area contributed by atoms with E-state index < -0.39 is 0 Å². The van der Waals surface area contributed by atoms with Crippen molar-refractivity contribution >= 4 is 5.65 Å². The lowest BCUT2D eigenvalue weighted by molar-refractivity contribution is -0.0830. The van der Waals surface area contributed by atoms with Crippen LogP contribution in [0.4, 0.5) is 0 Å². The van der Waals surface area contributed by atoms with Crippen molar-refractivity contribution in [2.24, 2.45) is 11.8 Å². The van der Waals surface area contributed by atoms with E-state index in [-0.39, 0.29) is 23.7 Å². The fraction of sp³-hybridized carbons (Fsp3) is 0.611. The molecule has 0 radical (unpaired) electrons. The SMILES string of the molecule is O=c1c2c(nc3ccncn13)COC2C1CCOC([C@@H]2CCOC2)C1. The first kappa shape index (κ1) is 15.4. The van der Waals surface area contributed by atoms with Crippen LogP contribution in [0.25, 0.3) is 5.65 Å². The second-order valence-electron chi connectivity index (χ2n) is 7.13. The minimum absolute atomic E-state index is 0.0529. The molecule has 7 heteroatoms. The maximum atomic E-state index is 13.0. The highest BCUT2D eigenvalue weighted by Crippen LogP contribution is 2.41. The molecular weight excluding hydrogens is 322 g/mol. The Morgan fingerprint density at radius 1 is 1.16 bits per heavy atom. The number of fused-ring (bicyclic) bond motifs is 2. The van der Waals surface area contributed by atoms with Crippen molar-refractivity contribution in [2.45, 2.75) is 38.1 Å². The fourth-order valence-electron chi connectivity index (χ4n) is 4.38. The molecule has 132 valence electrons. The normalized spacial score (nSPS) is 32.2. The van der Waals surface area contributed by atoms with Crippen molar-refractivity contribution in [2.75, 3.05) is 19.8 Å². The largest absolute Gasteiger partial charge is 0.381 e. The first-order valence-corrected chi connectivity index (χ1v) is 8.97. The van der Waals surface area contributed by atoms with Crippen LogP contribution in [0.1, 0.15) is 36.6 Å². The number of nitrogens with zero attached hydrogens (tertiary/aromatic N) is 3. The maximum absolute atomic E-state index is 13.0. The topological polar surface area (TPSA) is 75.0 Å². The quantitative estimate of drug-likeness (QED) is 0.822. The minimum atomic E-state index is -0.194. The minimum Gasteiger partial charge on any atom is -0.381 e. The molecule has 3 unspecified atom stereocenters. The second-order valence-corrected chi connectivity index (χ2v) is 7.13. The zero-order valence-corrected chi connectivity index (χ0v) is 14.0. The van der Waals surface area contributed by atoms with Gasteiger partial charge in [-0.05, 0) is 31.2 Å². The predicted octanol–water partition coefficient (Wildman–Crippen LogP) is 1.49. The number of hydrogen-bond donors (Lipinski definition) is 0. The van der Waals surface area contributed by atoms with E-state index in [1.807, 2.05) is 0 Å². The van der Waals surface area contributed by atoms with E-state index in [2.05, 4.69) is 9.97 Å². The summed E-state index contributed by atoms with van der Waals surface area (Å²) in [5.41, 5.74) is 2.05. The molecule has 5 heterocycles. The molecule has 2 aromatic heterocycles. The van der Waals surface area contributed by atoms with Gasteiger partial charge in [0.15, 0.2) is 0 Å². The Morgan fingerprint density at radius 3 is 2.96 bits per heavy atom. The van der Waals surface area contributed by atoms with Crippen LogP contribution in [-0.4, -0.2) is 40.3 Å². The molecule has 2 saturated heterocycles. The lowest BCUT2D eigenvalue weighted by atomic mass is 9.83. The Morgan fingerprint density at radius 2 is 2.08 bits per heavy atom. The van der Waals surface area contributed by atoms with Crippen LogP contribution in [0.15, 0.2) is 23.4 Å². The van der Waals surface area contributed by atoms with Gasteiger partial charge < -0.3 is 14.2 Å². The zero-order chi connectivity index (χ0) is 16.8. The first-order chi connectivity index (χ1) is 12.3. The zero-order valence-electron chi connectivity index (χ0n) is 14.0. The lowest BCUT2D eigenvalue weighted by Crippen LogP contribution is -2.36. The molecule has 0 aliphatic carbocycles. The van der Waals surface area contributed by atoms with Gasteiger partial charge in [0, 0.05) is 25.3 Å². The van der Waals surface area contributed by atoms with Gasteiger partial charge in [0.25, 0.3) is 5.56 Å². The Bertz CT molecular complexity index is 846. The molecule has 2 aromatic rings. The summed E-state index contributed by atoms with van der Waals surface area (Å²) < 4.78 is 19.1. The van der Waals surface area contributed by atoms with Gasteiger partial charge in [-0.25, -0.2) is 9.97 Å². The van der Waals surface area contributed by atoms with Gasteiger partial charge in [0.05, 0.1) is 36.7 Å². The summed E-state index contributed by atoms with van der Waals surface area (Å²) in [5, 5.41) is 0. The van der Waals surface area contributed by atoms with Gasteiger partial charge in [-0.1, -0.05) is 0 Å². The monoisotopic (exact) mass is 343 g/mol. The molecule has 0 spiro atoms. The van der Waals surface area contributed by atoms with Gasteiger partial charge in [0.1, 0.15) is 12.0 Å². The van der Waals surface area contributed by atoms with Crippen LogP contribution in [-0.2, 0) is 20.8 Å². The van der Waals surface area contributed by atoms with Crippen molar-refractivity contribution in [3.8, 4) is 0 Å². The number of ether oxygens (including phenoxy) is 3. The average Bonchev–Trinajstić information content (AvgIpc) is 3.32. The van der Waals surface area contributed by atoms with Crippen molar-refractivity contribution < 1.29 is 14.2 Å². The van der Waals surface area contributed by atoms with Crippen molar-refractivity contribution in [1.29, 1.82) is 0 Å². The third kappa shape index (κ3) is 2.58. The molecule has 0 N–H and O–H groups in total. The Hall–Kier alpha value is -1.83. The molecule has 2 fully saturated rings. The van der Waals surface area contributed by atoms with E-state index in [0.29, 0.717) is 30.3 Å². The summed E-state index contributed by atoms with van der Waals surface area (Å²) in [4.78, 5) is 21.6. The average molecular weight is 343 g/mol. The van der Waals surface area contributed by atoms with Gasteiger partial charge >= 0.3 is 0 Å². The van der Waals surface area contributed by atoms with E-state index >= 15 is 0 Å². The number of hydrogen-bond acceptors (Lipinski definition) is 6. The van der Waals surface area contributed by atoms with Crippen LogP contribution in [0, 0.1) is 11.8 Å². The third-order valence-corrected chi connectivity index (χ3v) is 5.71. The van der Waals surface area contributed by atoms with Gasteiger partial charge in [-0.3, -0.25) is 9.20 Å². The molecular formula is C18H21N3O4. The molecule has 3 aliphatic heterocycles.